The first-order valence-corrected chi connectivity index (χ1v) is 7.85. The van der Waals surface area contributed by atoms with Crippen molar-refractivity contribution in [3.05, 3.63) is 28.2 Å². The van der Waals surface area contributed by atoms with Crippen molar-refractivity contribution in [2.75, 3.05) is 19.6 Å². The van der Waals surface area contributed by atoms with E-state index in [0.29, 0.717) is 5.01 Å². The van der Waals surface area contributed by atoms with E-state index < -0.39 is 30.6 Å². The topological polar surface area (TPSA) is 53.5 Å². The van der Waals surface area contributed by atoms with Gasteiger partial charge in [-0.1, -0.05) is 18.2 Å². The van der Waals surface area contributed by atoms with E-state index in [9.17, 15) is 22.8 Å². The van der Waals surface area contributed by atoms with Gasteiger partial charge in [-0.25, -0.2) is 4.98 Å². The molecule has 1 aliphatic heterocycles. The smallest absolute Gasteiger partial charge is 0.335 e. The SMILES string of the molecule is C=CC(=O)N1CCN(C(=O)Cc2nc(Cl)cs2)C(C(F)(F)F)C1. The number of alkyl halides is 3. The summed E-state index contributed by atoms with van der Waals surface area (Å²) in [5, 5.41) is 2.06. The maximum absolute atomic E-state index is 13.2. The molecule has 126 valence electrons. The monoisotopic (exact) mass is 367 g/mol. The molecule has 5 nitrogen and oxygen atoms in total. The Kier molecular flexibility index (Phi) is 5.30. The fraction of sp³-hybridized carbons (Fsp3) is 0.462. The number of aromatic nitrogens is 1. The van der Waals surface area contributed by atoms with Gasteiger partial charge in [-0.15, -0.1) is 11.3 Å². The van der Waals surface area contributed by atoms with Gasteiger partial charge in [0.25, 0.3) is 0 Å². The Hall–Kier alpha value is -1.61. The Morgan fingerprint density at radius 2 is 2.17 bits per heavy atom. The van der Waals surface area contributed by atoms with E-state index in [4.69, 9.17) is 11.6 Å². The lowest BCUT2D eigenvalue weighted by Crippen LogP contribution is -2.61. The van der Waals surface area contributed by atoms with Crippen LogP contribution in [0.1, 0.15) is 5.01 Å². The van der Waals surface area contributed by atoms with E-state index in [1.807, 2.05) is 0 Å². The number of rotatable bonds is 3. The molecular formula is C13H13ClF3N3O2S. The van der Waals surface area contributed by atoms with Crippen LogP contribution in [-0.4, -0.2) is 58.5 Å². The zero-order chi connectivity index (χ0) is 17.2. The zero-order valence-electron chi connectivity index (χ0n) is 11.8. The summed E-state index contributed by atoms with van der Waals surface area (Å²) in [6.07, 6.45) is -3.92. The van der Waals surface area contributed by atoms with Gasteiger partial charge in [0.15, 0.2) is 0 Å². The van der Waals surface area contributed by atoms with Crippen molar-refractivity contribution in [3.8, 4) is 0 Å². The molecule has 0 radical (unpaired) electrons. The van der Waals surface area contributed by atoms with Gasteiger partial charge in [-0.05, 0) is 6.08 Å². The average Bonchev–Trinajstić information content (AvgIpc) is 2.90. The lowest BCUT2D eigenvalue weighted by atomic mass is 10.1. The predicted octanol–water partition coefficient (Wildman–Crippen LogP) is 2.13. The summed E-state index contributed by atoms with van der Waals surface area (Å²) in [6, 6.07) is -2.04. The Morgan fingerprint density at radius 3 is 2.70 bits per heavy atom. The molecule has 0 aromatic carbocycles. The third kappa shape index (κ3) is 4.23. The average molecular weight is 368 g/mol. The Morgan fingerprint density at radius 1 is 1.48 bits per heavy atom. The molecule has 2 heterocycles. The third-order valence-corrected chi connectivity index (χ3v) is 4.56. The second kappa shape index (κ2) is 6.88. The summed E-state index contributed by atoms with van der Waals surface area (Å²) >= 11 is 6.75. The Balaban J connectivity index is 2.14. The molecule has 1 unspecified atom stereocenters. The second-order valence-corrected chi connectivity index (χ2v) is 6.20. The summed E-state index contributed by atoms with van der Waals surface area (Å²) in [7, 11) is 0. The summed E-state index contributed by atoms with van der Waals surface area (Å²) in [5.41, 5.74) is 0. The summed E-state index contributed by atoms with van der Waals surface area (Å²) < 4.78 is 39.7. The standard InChI is InChI=1S/C13H13ClF3N3O2S/c1-2-11(21)19-3-4-20(8(6-19)13(15,16)17)12(22)5-10-18-9(14)7-23-10/h2,7-8H,1,3-6H2. The molecule has 1 fully saturated rings. The van der Waals surface area contributed by atoms with Gasteiger partial charge >= 0.3 is 6.18 Å². The van der Waals surface area contributed by atoms with Gasteiger partial charge in [-0.3, -0.25) is 9.59 Å². The lowest BCUT2D eigenvalue weighted by Gasteiger charge is -2.41. The molecule has 1 aromatic heterocycles. The Bertz CT molecular complexity index is 620. The van der Waals surface area contributed by atoms with Gasteiger partial charge in [0.1, 0.15) is 16.2 Å². The van der Waals surface area contributed by atoms with Gasteiger partial charge in [0.2, 0.25) is 11.8 Å². The third-order valence-electron chi connectivity index (χ3n) is 3.39. The van der Waals surface area contributed by atoms with E-state index in [0.717, 1.165) is 27.2 Å². The van der Waals surface area contributed by atoms with Crippen LogP contribution in [0.4, 0.5) is 13.2 Å². The molecule has 1 aromatic rings. The van der Waals surface area contributed by atoms with Gasteiger partial charge < -0.3 is 9.80 Å². The zero-order valence-corrected chi connectivity index (χ0v) is 13.4. The number of hydrogen-bond acceptors (Lipinski definition) is 4. The molecule has 2 amide bonds. The molecule has 0 aliphatic carbocycles. The van der Waals surface area contributed by atoms with Crippen molar-refractivity contribution in [1.29, 1.82) is 0 Å². The minimum absolute atomic E-state index is 0.0296. The number of carbonyl (C=O) groups is 2. The minimum atomic E-state index is -4.63. The molecule has 1 aliphatic rings. The number of thiazole rings is 1. The number of amides is 2. The molecule has 1 atom stereocenters. The van der Waals surface area contributed by atoms with Crippen LogP contribution < -0.4 is 0 Å². The number of nitrogens with zero attached hydrogens (tertiary/aromatic N) is 3. The highest BCUT2D eigenvalue weighted by Crippen LogP contribution is 2.29. The highest BCUT2D eigenvalue weighted by molar-refractivity contribution is 7.10. The molecule has 23 heavy (non-hydrogen) atoms. The molecule has 10 heteroatoms. The molecule has 0 saturated carbocycles. The van der Waals surface area contributed by atoms with Crippen LogP contribution >= 0.6 is 22.9 Å². The van der Waals surface area contributed by atoms with Crippen LogP contribution in [0.15, 0.2) is 18.0 Å². The van der Waals surface area contributed by atoms with Crippen molar-refractivity contribution < 1.29 is 22.8 Å². The highest BCUT2D eigenvalue weighted by atomic mass is 35.5. The minimum Gasteiger partial charge on any atom is -0.335 e. The molecular weight excluding hydrogens is 355 g/mol. The number of halogens is 4. The van der Waals surface area contributed by atoms with Crippen LogP contribution in [0.2, 0.25) is 5.15 Å². The van der Waals surface area contributed by atoms with E-state index in [2.05, 4.69) is 11.6 Å². The maximum Gasteiger partial charge on any atom is 0.410 e. The Labute approximate surface area is 139 Å². The maximum atomic E-state index is 13.2. The number of hydrogen-bond donors (Lipinski definition) is 0. The largest absolute Gasteiger partial charge is 0.410 e. The van der Waals surface area contributed by atoms with Crippen LogP contribution in [0.5, 0.6) is 0 Å². The first kappa shape index (κ1) is 17.7. The number of piperazine rings is 1. The van der Waals surface area contributed by atoms with E-state index >= 15 is 0 Å². The fourth-order valence-electron chi connectivity index (χ4n) is 2.29. The van der Waals surface area contributed by atoms with Gasteiger partial charge in [-0.2, -0.15) is 13.2 Å². The molecule has 1 saturated heterocycles. The first-order valence-electron chi connectivity index (χ1n) is 6.59. The van der Waals surface area contributed by atoms with E-state index in [-0.39, 0.29) is 24.7 Å². The predicted molar refractivity (Wildman–Crippen MR) is 79.2 cm³/mol. The van der Waals surface area contributed by atoms with Crippen molar-refractivity contribution in [2.45, 2.75) is 18.6 Å². The summed E-state index contributed by atoms with van der Waals surface area (Å²) in [4.78, 5) is 29.4. The van der Waals surface area contributed by atoms with Crippen LogP contribution in [0.3, 0.4) is 0 Å². The highest BCUT2D eigenvalue weighted by Gasteiger charge is 2.48. The normalized spacial score (nSPS) is 18.9. The number of carbonyl (C=O) groups excluding carboxylic acids is 2. The van der Waals surface area contributed by atoms with Gasteiger partial charge in [0.05, 0.1) is 13.0 Å². The molecule has 0 spiro atoms. The first-order chi connectivity index (χ1) is 10.7. The van der Waals surface area contributed by atoms with Gasteiger partial charge in [0, 0.05) is 18.5 Å². The van der Waals surface area contributed by atoms with Crippen LogP contribution in [0.25, 0.3) is 0 Å². The summed E-state index contributed by atoms with van der Waals surface area (Å²) in [5.74, 6) is -1.28. The fourth-order valence-corrected chi connectivity index (χ4v) is 3.22. The quantitative estimate of drug-likeness (QED) is 0.769. The van der Waals surface area contributed by atoms with Crippen LogP contribution in [0, 0.1) is 0 Å². The van der Waals surface area contributed by atoms with Crippen molar-refractivity contribution >= 4 is 34.8 Å². The van der Waals surface area contributed by atoms with Crippen molar-refractivity contribution in [3.63, 3.8) is 0 Å². The van der Waals surface area contributed by atoms with E-state index in [1.54, 1.807) is 0 Å². The lowest BCUT2D eigenvalue weighted by molar-refractivity contribution is -0.201. The van der Waals surface area contributed by atoms with Crippen molar-refractivity contribution in [1.82, 2.24) is 14.8 Å². The van der Waals surface area contributed by atoms with Crippen molar-refractivity contribution in [2.24, 2.45) is 0 Å². The van der Waals surface area contributed by atoms with E-state index in [1.165, 1.54) is 5.38 Å². The molecule has 2 rings (SSSR count). The molecule has 0 bridgehead atoms. The molecule has 0 N–H and O–H groups in total. The summed E-state index contributed by atoms with van der Waals surface area (Å²) in [6.45, 7) is 2.50. The van der Waals surface area contributed by atoms with Crippen LogP contribution in [-0.2, 0) is 16.0 Å². The second-order valence-electron chi connectivity index (χ2n) is 4.87.